The van der Waals surface area contributed by atoms with E-state index >= 15 is 0 Å². The summed E-state index contributed by atoms with van der Waals surface area (Å²) in [5.74, 6) is 0. The van der Waals surface area contributed by atoms with Gasteiger partial charge in [0, 0.05) is 24.2 Å². The first kappa shape index (κ1) is 10.6. The second-order valence-corrected chi connectivity index (χ2v) is 4.01. The van der Waals surface area contributed by atoms with Crippen molar-refractivity contribution < 1.29 is 4.92 Å². The van der Waals surface area contributed by atoms with Gasteiger partial charge in [-0.2, -0.15) is 0 Å². The van der Waals surface area contributed by atoms with Crippen molar-refractivity contribution >= 4 is 16.6 Å². The number of fused-ring (bicyclic) bond motifs is 1. The number of aromatic amines is 1. The molecular formula is C11H13N3O2. The Labute approximate surface area is 92.8 Å². The number of nitro benzene ring substituents is 1. The molecule has 0 aliphatic heterocycles. The fourth-order valence-electron chi connectivity index (χ4n) is 1.82. The van der Waals surface area contributed by atoms with Crippen LogP contribution in [0.5, 0.6) is 0 Å². The van der Waals surface area contributed by atoms with E-state index < -0.39 is 0 Å². The Morgan fingerprint density at radius 1 is 1.44 bits per heavy atom. The summed E-state index contributed by atoms with van der Waals surface area (Å²) in [4.78, 5) is 15.5. The van der Waals surface area contributed by atoms with Crippen molar-refractivity contribution in [3.05, 3.63) is 40.1 Å². The van der Waals surface area contributed by atoms with Crippen LogP contribution in [0.4, 0.5) is 5.69 Å². The molecule has 5 nitrogen and oxygen atoms in total. The minimum Gasteiger partial charge on any atom is -0.355 e. The van der Waals surface area contributed by atoms with Gasteiger partial charge in [0.1, 0.15) is 5.52 Å². The Kier molecular flexibility index (Phi) is 2.62. The van der Waals surface area contributed by atoms with Gasteiger partial charge in [-0.3, -0.25) is 10.1 Å². The van der Waals surface area contributed by atoms with Crippen molar-refractivity contribution in [2.45, 2.75) is 6.54 Å². The molecule has 1 N–H and O–H groups in total. The molecule has 0 radical (unpaired) electrons. The molecule has 0 aliphatic rings. The zero-order valence-electron chi connectivity index (χ0n) is 9.23. The third-order valence-electron chi connectivity index (χ3n) is 2.46. The second kappa shape index (κ2) is 3.94. The number of non-ortho nitro benzene ring substituents is 1. The lowest BCUT2D eigenvalue weighted by Gasteiger charge is -2.07. The van der Waals surface area contributed by atoms with E-state index in [9.17, 15) is 10.1 Å². The van der Waals surface area contributed by atoms with Crippen LogP contribution in [0, 0.1) is 10.1 Å². The van der Waals surface area contributed by atoms with Crippen LogP contribution in [0.25, 0.3) is 10.9 Å². The van der Waals surface area contributed by atoms with E-state index in [0.29, 0.717) is 5.52 Å². The van der Waals surface area contributed by atoms with Crippen molar-refractivity contribution in [1.82, 2.24) is 9.88 Å². The van der Waals surface area contributed by atoms with Gasteiger partial charge in [-0.05, 0) is 19.7 Å². The Balaban J connectivity index is 2.57. The summed E-state index contributed by atoms with van der Waals surface area (Å²) >= 11 is 0. The first-order chi connectivity index (χ1) is 7.59. The number of aromatic nitrogens is 1. The predicted molar refractivity (Wildman–Crippen MR) is 62.3 cm³/mol. The van der Waals surface area contributed by atoms with E-state index in [2.05, 4.69) is 4.98 Å². The van der Waals surface area contributed by atoms with Crippen molar-refractivity contribution in [2.75, 3.05) is 14.1 Å². The molecule has 0 saturated heterocycles. The smallest absolute Gasteiger partial charge is 0.293 e. The van der Waals surface area contributed by atoms with Gasteiger partial charge in [-0.25, -0.2) is 0 Å². The van der Waals surface area contributed by atoms with Gasteiger partial charge < -0.3 is 9.88 Å². The van der Waals surface area contributed by atoms with Crippen LogP contribution < -0.4 is 0 Å². The van der Waals surface area contributed by atoms with Crippen LogP contribution >= 0.6 is 0 Å². The summed E-state index contributed by atoms with van der Waals surface area (Å²) < 4.78 is 0. The zero-order chi connectivity index (χ0) is 11.7. The highest BCUT2D eigenvalue weighted by atomic mass is 16.6. The van der Waals surface area contributed by atoms with Gasteiger partial charge in [-0.15, -0.1) is 0 Å². The molecule has 0 fully saturated rings. The van der Waals surface area contributed by atoms with E-state index in [0.717, 1.165) is 17.5 Å². The molecule has 0 saturated carbocycles. The van der Waals surface area contributed by atoms with Crippen LogP contribution in [-0.2, 0) is 6.54 Å². The van der Waals surface area contributed by atoms with Crippen LogP contribution in [0.1, 0.15) is 5.56 Å². The van der Waals surface area contributed by atoms with E-state index in [-0.39, 0.29) is 10.6 Å². The lowest BCUT2D eigenvalue weighted by molar-refractivity contribution is -0.383. The number of nitrogens with zero attached hydrogens (tertiary/aromatic N) is 2. The summed E-state index contributed by atoms with van der Waals surface area (Å²) in [6.07, 6.45) is 1.83. The topological polar surface area (TPSA) is 62.2 Å². The Bertz CT molecular complexity index is 531. The average molecular weight is 219 g/mol. The van der Waals surface area contributed by atoms with Gasteiger partial charge in [0.2, 0.25) is 0 Å². The monoisotopic (exact) mass is 219 g/mol. The maximum Gasteiger partial charge on any atom is 0.293 e. The Morgan fingerprint density at radius 2 is 2.19 bits per heavy atom. The molecule has 2 aromatic rings. The van der Waals surface area contributed by atoms with E-state index in [1.165, 1.54) is 6.07 Å². The van der Waals surface area contributed by atoms with Crippen molar-refractivity contribution in [1.29, 1.82) is 0 Å². The minimum absolute atomic E-state index is 0.127. The summed E-state index contributed by atoms with van der Waals surface area (Å²) in [6, 6.07) is 5.13. The largest absolute Gasteiger partial charge is 0.355 e. The standard InChI is InChI=1S/C11H13N3O2/c1-13(2)7-8-6-12-11-9(8)4-3-5-10(11)14(15)16/h3-6,12H,7H2,1-2H3. The highest BCUT2D eigenvalue weighted by Crippen LogP contribution is 2.27. The van der Waals surface area contributed by atoms with Gasteiger partial charge in [0.25, 0.3) is 5.69 Å². The number of para-hydroxylation sites is 1. The number of benzene rings is 1. The first-order valence-corrected chi connectivity index (χ1v) is 4.97. The molecule has 1 heterocycles. The van der Waals surface area contributed by atoms with Crippen LogP contribution in [-0.4, -0.2) is 28.9 Å². The first-order valence-electron chi connectivity index (χ1n) is 4.97. The minimum atomic E-state index is -0.363. The quantitative estimate of drug-likeness (QED) is 0.635. The Hall–Kier alpha value is -1.88. The molecule has 0 atom stereocenters. The Morgan fingerprint density at radius 3 is 2.81 bits per heavy atom. The van der Waals surface area contributed by atoms with Gasteiger partial charge in [0.15, 0.2) is 0 Å². The zero-order valence-corrected chi connectivity index (χ0v) is 9.23. The molecule has 0 amide bonds. The molecular weight excluding hydrogens is 206 g/mol. The molecule has 0 spiro atoms. The summed E-state index contributed by atoms with van der Waals surface area (Å²) in [5, 5.41) is 11.7. The highest BCUT2D eigenvalue weighted by Gasteiger charge is 2.14. The number of H-pyrrole nitrogens is 1. The summed E-state index contributed by atoms with van der Waals surface area (Å²) in [6.45, 7) is 0.765. The van der Waals surface area contributed by atoms with Gasteiger partial charge in [-0.1, -0.05) is 12.1 Å². The summed E-state index contributed by atoms with van der Waals surface area (Å²) in [5.41, 5.74) is 1.80. The number of nitro groups is 1. The van der Waals surface area contributed by atoms with Crippen molar-refractivity contribution in [3.63, 3.8) is 0 Å². The average Bonchev–Trinajstić information content (AvgIpc) is 2.60. The van der Waals surface area contributed by atoms with Crippen LogP contribution in [0.2, 0.25) is 0 Å². The maximum absolute atomic E-state index is 10.8. The molecule has 1 aromatic heterocycles. The van der Waals surface area contributed by atoms with E-state index in [1.807, 2.05) is 31.3 Å². The maximum atomic E-state index is 10.8. The third kappa shape index (κ3) is 1.77. The SMILES string of the molecule is CN(C)Cc1c[nH]c2c([N+](=O)[O-])cccc12. The second-order valence-electron chi connectivity index (χ2n) is 4.01. The summed E-state index contributed by atoms with van der Waals surface area (Å²) in [7, 11) is 3.94. The number of nitrogens with one attached hydrogen (secondary N) is 1. The lowest BCUT2D eigenvalue weighted by Crippen LogP contribution is -2.10. The van der Waals surface area contributed by atoms with E-state index in [4.69, 9.17) is 0 Å². The molecule has 0 aliphatic carbocycles. The third-order valence-corrected chi connectivity index (χ3v) is 2.46. The number of hydrogen-bond donors (Lipinski definition) is 1. The van der Waals surface area contributed by atoms with Gasteiger partial charge in [0.05, 0.1) is 4.92 Å². The molecule has 1 aromatic carbocycles. The van der Waals surface area contributed by atoms with Crippen LogP contribution in [0.3, 0.4) is 0 Å². The fraction of sp³-hybridized carbons (Fsp3) is 0.273. The number of rotatable bonds is 3. The lowest BCUT2D eigenvalue weighted by atomic mass is 10.1. The fourth-order valence-corrected chi connectivity index (χ4v) is 1.82. The molecule has 0 bridgehead atoms. The van der Waals surface area contributed by atoms with Crippen molar-refractivity contribution in [3.8, 4) is 0 Å². The van der Waals surface area contributed by atoms with E-state index in [1.54, 1.807) is 6.07 Å². The number of hydrogen-bond acceptors (Lipinski definition) is 3. The highest BCUT2D eigenvalue weighted by molar-refractivity contribution is 5.90. The molecule has 0 unspecified atom stereocenters. The predicted octanol–water partition coefficient (Wildman–Crippen LogP) is 2.14. The molecule has 5 heteroatoms. The molecule has 16 heavy (non-hydrogen) atoms. The molecule has 84 valence electrons. The molecule has 2 rings (SSSR count). The normalized spacial score (nSPS) is 11.2. The van der Waals surface area contributed by atoms with Gasteiger partial charge >= 0.3 is 0 Å². The van der Waals surface area contributed by atoms with Crippen LogP contribution in [0.15, 0.2) is 24.4 Å². The van der Waals surface area contributed by atoms with Crippen molar-refractivity contribution in [2.24, 2.45) is 0 Å².